The molecule has 7 nitrogen and oxygen atoms in total. The van der Waals surface area contributed by atoms with Gasteiger partial charge in [0.25, 0.3) is 11.8 Å². The molecule has 0 spiro atoms. The Balaban J connectivity index is 1.50. The Hall–Kier alpha value is -3.74. The van der Waals surface area contributed by atoms with Crippen molar-refractivity contribution >= 4 is 23.2 Å². The molecule has 2 N–H and O–H groups in total. The number of hydrazone groups is 1. The van der Waals surface area contributed by atoms with Gasteiger partial charge < -0.3 is 9.73 Å². The number of fused-ring (bicyclic) bond motifs is 1. The molecule has 1 aliphatic carbocycles. The topological polar surface area (TPSA) is 96.6 Å². The molecule has 0 bridgehead atoms. The Morgan fingerprint density at radius 3 is 2.64 bits per heavy atom. The van der Waals surface area contributed by atoms with Gasteiger partial charge in [-0.3, -0.25) is 14.6 Å². The van der Waals surface area contributed by atoms with Crippen LogP contribution in [0.1, 0.15) is 76.1 Å². The highest BCUT2D eigenvalue weighted by molar-refractivity contribution is 6.09. The fourth-order valence-electron chi connectivity index (χ4n) is 3.99. The number of unbranched alkanes of at least 4 members (excludes halogenated alkanes) is 1. The van der Waals surface area contributed by atoms with Crippen molar-refractivity contribution in [1.29, 1.82) is 0 Å². The molecule has 170 valence electrons. The summed E-state index contributed by atoms with van der Waals surface area (Å²) in [6.07, 6.45) is 7.14. The predicted octanol–water partition coefficient (Wildman–Crippen LogP) is 5.05. The highest BCUT2D eigenvalue weighted by Gasteiger charge is 2.28. The SMILES string of the molecule is CCCCc1ccc(NC(=O)c2oc3c(c2C)/C(=N/NC(=O)c2ccccn2)CCC3)cc1. The number of hydrogen-bond donors (Lipinski definition) is 2. The second kappa shape index (κ2) is 10.3. The molecule has 0 saturated carbocycles. The molecule has 2 amide bonds. The number of benzene rings is 1. The first-order chi connectivity index (χ1) is 16.1. The van der Waals surface area contributed by atoms with E-state index >= 15 is 0 Å². The Kier molecular flexibility index (Phi) is 6.98. The lowest BCUT2D eigenvalue weighted by molar-refractivity contribution is 0.0948. The number of carbonyl (C=O) groups excluding carboxylic acids is 2. The van der Waals surface area contributed by atoms with Crippen LogP contribution >= 0.6 is 0 Å². The van der Waals surface area contributed by atoms with Crippen LogP contribution in [0.3, 0.4) is 0 Å². The number of furan rings is 1. The average Bonchev–Trinajstić information content (AvgIpc) is 3.20. The summed E-state index contributed by atoms with van der Waals surface area (Å²) in [6, 6.07) is 13.0. The van der Waals surface area contributed by atoms with Crippen LogP contribution in [0.2, 0.25) is 0 Å². The van der Waals surface area contributed by atoms with E-state index in [4.69, 9.17) is 4.42 Å². The molecule has 33 heavy (non-hydrogen) atoms. The molecule has 0 saturated heterocycles. The van der Waals surface area contributed by atoms with Gasteiger partial charge in [-0.15, -0.1) is 0 Å². The van der Waals surface area contributed by atoms with Gasteiger partial charge in [0, 0.05) is 29.4 Å². The third-order valence-corrected chi connectivity index (χ3v) is 5.75. The van der Waals surface area contributed by atoms with Crippen molar-refractivity contribution in [3.63, 3.8) is 0 Å². The molecule has 0 radical (unpaired) electrons. The Morgan fingerprint density at radius 1 is 1.09 bits per heavy atom. The number of aromatic nitrogens is 1. The lowest BCUT2D eigenvalue weighted by Crippen LogP contribution is -2.22. The molecular formula is C26H28N4O3. The van der Waals surface area contributed by atoms with Gasteiger partial charge in [0.05, 0.1) is 5.71 Å². The number of amides is 2. The maximum atomic E-state index is 12.9. The van der Waals surface area contributed by atoms with Crippen molar-refractivity contribution in [3.05, 3.63) is 82.6 Å². The summed E-state index contributed by atoms with van der Waals surface area (Å²) >= 11 is 0. The summed E-state index contributed by atoms with van der Waals surface area (Å²) in [5.74, 6) is 0.335. The molecule has 0 fully saturated rings. The molecule has 0 unspecified atom stereocenters. The number of rotatable bonds is 7. The third-order valence-electron chi connectivity index (χ3n) is 5.75. The average molecular weight is 445 g/mol. The van der Waals surface area contributed by atoms with E-state index in [-0.39, 0.29) is 17.6 Å². The zero-order chi connectivity index (χ0) is 23.2. The van der Waals surface area contributed by atoms with Crippen LogP contribution in [0.4, 0.5) is 5.69 Å². The summed E-state index contributed by atoms with van der Waals surface area (Å²) < 4.78 is 5.95. The first-order valence-electron chi connectivity index (χ1n) is 11.4. The van der Waals surface area contributed by atoms with Gasteiger partial charge in [0.2, 0.25) is 0 Å². The van der Waals surface area contributed by atoms with Crippen molar-refractivity contribution < 1.29 is 14.0 Å². The van der Waals surface area contributed by atoms with E-state index in [1.54, 1.807) is 24.4 Å². The quantitative estimate of drug-likeness (QED) is 0.499. The van der Waals surface area contributed by atoms with Crippen LogP contribution in [0, 0.1) is 6.92 Å². The Morgan fingerprint density at radius 2 is 1.91 bits per heavy atom. The number of nitrogens with zero attached hydrogens (tertiary/aromatic N) is 2. The molecule has 0 aliphatic heterocycles. The standard InChI is InChI=1S/C26H28N4O3/c1-3-4-8-18-12-14-19(15-13-18)28-26(32)24-17(2)23-20(10-7-11-22(23)33-24)29-30-25(31)21-9-5-6-16-27-21/h5-6,9,12-16H,3-4,7-8,10-11H2,1-2H3,(H,28,32)(H,30,31)/b29-20+. The molecule has 3 aromatic rings. The normalized spacial score (nSPS) is 14.1. The lowest BCUT2D eigenvalue weighted by atomic mass is 9.93. The van der Waals surface area contributed by atoms with Gasteiger partial charge in [0.15, 0.2) is 5.76 Å². The number of pyridine rings is 1. The van der Waals surface area contributed by atoms with Gasteiger partial charge in [-0.05, 0) is 62.4 Å². The maximum absolute atomic E-state index is 12.9. The van der Waals surface area contributed by atoms with Crippen LogP contribution in [0.15, 0.2) is 58.2 Å². The third kappa shape index (κ3) is 5.19. The second-order valence-corrected chi connectivity index (χ2v) is 8.18. The minimum absolute atomic E-state index is 0.278. The van der Waals surface area contributed by atoms with Crippen molar-refractivity contribution in [2.75, 3.05) is 5.32 Å². The zero-order valence-electron chi connectivity index (χ0n) is 19.0. The summed E-state index contributed by atoms with van der Waals surface area (Å²) in [7, 11) is 0. The molecule has 2 aromatic heterocycles. The maximum Gasteiger partial charge on any atom is 0.291 e. The smallest absolute Gasteiger partial charge is 0.291 e. The molecule has 2 heterocycles. The molecule has 0 atom stereocenters. The molecule has 1 aliphatic rings. The van der Waals surface area contributed by atoms with E-state index in [2.05, 4.69) is 27.8 Å². The minimum Gasteiger partial charge on any atom is -0.455 e. The fraction of sp³-hybridized carbons (Fsp3) is 0.308. The van der Waals surface area contributed by atoms with Crippen LogP contribution < -0.4 is 10.7 Å². The van der Waals surface area contributed by atoms with Crippen molar-refractivity contribution in [1.82, 2.24) is 10.4 Å². The first kappa shape index (κ1) is 22.5. The van der Waals surface area contributed by atoms with Crippen molar-refractivity contribution in [3.8, 4) is 0 Å². The largest absolute Gasteiger partial charge is 0.455 e. The summed E-state index contributed by atoms with van der Waals surface area (Å²) in [5, 5.41) is 7.27. The molecule has 4 rings (SSSR count). The summed E-state index contributed by atoms with van der Waals surface area (Å²) in [5.41, 5.74) is 7.10. The van der Waals surface area contributed by atoms with E-state index in [1.807, 2.05) is 31.2 Å². The van der Waals surface area contributed by atoms with Gasteiger partial charge in [0.1, 0.15) is 11.5 Å². The highest BCUT2D eigenvalue weighted by atomic mass is 16.4. The van der Waals surface area contributed by atoms with Gasteiger partial charge in [-0.1, -0.05) is 31.5 Å². The highest BCUT2D eigenvalue weighted by Crippen LogP contribution is 2.30. The van der Waals surface area contributed by atoms with Gasteiger partial charge in [-0.2, -0.15) is 5.10 Å². The Labute approximate surface area is 193 Å². The molecular weight excluding hydrogens is 416 g/mol. The van der Waals surface area contributed by atoms with E-state index in [0.717, 1.165) is 54.7 Å². The predicted molar refractivity (Wildman–Crippen MR) is 128 cm³/mol. The number of carbonyl (C=O) groups is 2. The van der Waals surface area contributed by atoms with Crippen LogP contribution in [0.25, 0.3) is 0 Å². The van der Waals surface area contributed by atoms with Crippen molar-refractivity contribution in [2.45, 2.75) is 52.4 Å². The number of aryl methyl sites for hydroxylation is 2. The van der Waals surface area contributed by atoms with Crippen molar-refractivity contribution in [2.24, 2.45) is 5.10 Å². The fourth-order valence-corrected chi connectivity index (χ4v) is 3.99. The zero-order valence-corrected chi connectivity index (χ0v) is 19.0. The van der Waals surface area contributed by atoms with E-state index < -0.39 is 0 Å². The molecule has 1 aromatic carbocycles. The van der Waals surface area contributed by atoms with Gasteiger partial charge in [-0.25, -0.2) is 5.43 Å². The van der Waals surface area contributed by atoms with E-state index in [0.29, 0.717) is 17.8 Å². The van der Waals surface area contributed by atoms with Crippen LogP contribution in [0.5, 0.6) is 0 Å². The summed E-state index contributed by atoms with van der Waals surface area (Å²) in [6.45, 7) is 4.02. The first-order valence-corrected chi connectivity index (χ1v) is 11.4. The van der Waals surface area contributed by atoms with Crippen LogP contribution in [-0.2, 0) is 12.8 Å². The number of anilines is 1. The minimum atomic E-state index is -0.378. The Bertz CT molecular complexity index is 1160. The number of hydrogen-bond acceptors (Lipinski definition) is 5. The number of nitrogens with one attached hydrogen (secondary N) is 2. The van der Waals surface area contributed by atoms with E-state index in [1.165, 1.54) is 5.56 Å². The van der Waals surface area contributed by atoms with E-state index in [9.17, 15) is 9.59 Å². The lowest BCUT2D eigenvalue weighted by Gasteiger charge is -2.13. The monoisotopic (exact) mass is 444 g/mol. The summed E-state index contributed by atoms with van der Waals surface area (Å²) in [4.78, 5) is 29.3. The molecule has 7 heteroatoms. The second-order valence-electron chi connectivity index (χ2n) is 8.18. The van der Waals surface area contributed by atoms with Crippen LogP contribution in [-0.4, -0.2) is 22.5 Å². The van der Waals surface area contributed by atoms with Gasteiger partial charge >= 0.3 is 0 Å².